The van der Waals surface area contributed by atoms with Crippen LogP contribution in [0.2, 0.25) is 0 Å². The summed E-state index contributed by atoms with van der Waals surface area (Å²) in [5.41, 5.74) is 0.0904. The molecule has 0 aromatic heterocycles. The molecule has 0 rings (SSSR count). The van der Waals surface area contributed by atoms with Gasteiger partial charge in [-0.05, 0) is 18.3 Å². The van der Waals surface area contributed by atoms with Crippen molar-refractivity contribution in [3.63, 3.8) is 0 Å². The van der Waals surface area contributed by atoms with E-state index in [1.807, 2.05) is 20.8 Å². The van der Waals surface area contributed by atoms with Crippen molar-refractivity contribution in [1.82, 2.24) is 10.6 Å². The van der Waals surface area contributed by atoms with E-state index >= 15 is 0 Å². The maximum atomic E-state index is 11.8. The quantitative estimate of drug-likeness (QED) is 0.0918. The average molecular weight is 607 g/mol. The Bertz CT molecular complexity index is 707. The Morgan fingerprint density at radius 1 is 0.595 bits per heavy atom. The number of hydrogen-bond donors (Lipinski definition) is 2. The van der Waals surface area contributed by atoms with E-state index in [1.54, 1.807) is 0 Å². The van der Waals surface area contributed by atoms with Crippen molar-refractivity contribution in [2.75, 3.05) is 79.2 Å². The highest BCUT2D eigenvalue weighted by molar-refractivity contribution is 5.68. The first-order chi connectivity index (χ1) is 19.8. The van der Waals surface area contributed by atoms with Crippen molar-refractivity contribution in [1.29, 1.82) is 0 Å². The highest BCUT2D eigenvalue weighted by Crippen LogP contribution is 2.22. The standard InChI is InChI=1S/C30H58N2O10/c1-25(33)42-26(30(5,6)7)24-32-28(35)41-23-21-39-19-18-38-20-22-40-27(34)31-13-15-37-17-16-36-14-11-9-8-10-12-29(2,3)4/h26H,8-24H2,1-7H3,(H,31,34)(H,32,35). The van der Waals surface area contributed by atoms with Crippen molar-refractivity contribution >= 4 is 18.2 Å². The largest absolute Gasteiger partial charge is 0.460 e. The SMILES string of the molecule is CC(=O)OC(CNC(=O)OCCOCCOCCOC(=O)NCCOCCOCCCCCCC(C)(C)C)C(C)(C)C. The first-order valence-corrected chi connectivity index (χ1v) is 15.1. The van der Waals surface area contributed by atoms with Crippen LogP contribution in [-0.2, 0) is 38.0 Å². The van der Waals surface area contributed by atoms with Gasteiger partial charge in [-0.2, -0.15) is 0 Å². The number of rotatable bonds is 24. The zero-order valence-corrected chi connectivity index (χ0v) is 27.2. The molecule has 0 saturated carbocycles. The Hall–Kier alpha value is -2.15. The number of alkyl carbamates (subject to hydrolysis) is 2. The lowest BCUT2D eigenvalue weighted by atomic mass is 9.89. The number of carbonyl (C=O) groups is 3. The summed E-state index contributed by atoms with van der Waals surface area (Å²) >= 11 is 0. The van der Waals surface area contributed by atoms with E-state index in [-0.39, 0.29) is 38.4 Å². The van der Waals surface area contributed by atoms with Gasteiger partial charge < -0.3 is 43.8 Å². The number of amides is 2. The third kappa shape index (κ3) is 28.0. The second kappa shape index (κ2) is 24.3. The van der Waals surface area contributed by atoms with Crippen molar-refractivity contribution in [3.05, 3.63) is 0 Å². The maximum absolute atomic E-state index is 11.8. The van der Waals surface area contributed by atoms with Crippen LogP contribution in [-0.4, -0.2) is 103 Å². The molecule has 0 saturated heterocycles. The summed E-state index contributed by atoms with van der Waals surface area (Å²) in [6.07, 6.45) is 4.44. The molecule has 1 unspecified atom stereocenters. The summed E-state index contributed by atoms with van der Waals surface area (Å²) in [6, 6.07) is 0. The lowest BCUT2D eigenvalue weighted by Crippen LogP contribution is -2.42. The molecule has 2 N–H and O–H groups in total. The number of nitrogens with one attached hydrogen (secondary N) is 2. The Kier molecular flexibility index (Phi) is 23.1. The molecule has 12 heteroatoms. The minimum absolute atomic E-state index is 0.0671. The fourth-order valence-electron chi connectivity index (χ4n) is 3.47. The molecule has 248 valence electrons. The minimum atomic E-state index is -0.615. The van der Waals surface area contributed by atoms with Gasteiger partial charge in [0, 0.05) is 25.5 Å². The van der Waals surface area contributed by atoms with Gasteiger partial charge in [0.05, 0.1) is 52.8 Å². The topological polar surface area (TPSA) is 140 Å². The van der Waals surface area contributed by atoms with Crippen LogP contribution >= 0.6 is 0 Å². The van der Waals surface area contributed by atoms with E-state index in [0.717, 1.165) is 13.0 Å². The van der Waals surface area contributed by atoms with Crippen LogP contribution in [0, 0.1) is 10.8 Å². The van der Waals surface area contributed by atoms with Gasteiger partial charge in [0.25, 0.3) is 0 Å². The molecule has 1 atom stereocenters. The van der Waals surface area contributed by atoms with Gasteiger partial charge in [-0.3, -0.25) is 4.79 Å². The zero-order chi connectivity index (χ0) is 31.7. The van der Waals surface area contributed by atoms with Gasteiger partial charge >= 0.3 is 18.2 Å². The highest BCUT2D eigenvalue weighted by atomic mass is 16.6. The van der Waals surface area contributed by atoms with Crippen molar-refractivity contribution in [2.45, 2.75) is 86.7 Å². The van der Waals surface area contributed by atoms with Crippen LogP contribution in [0.15, 0.2) is 0 Å². The van der Waals surface area contributed by atoms with E-state index in [0.29, 0.717) is 45.0 Å². The summed E-state index contributed by atoms with van der Waals surface area (Å²) in [6.45, 7) is 17.8. The molecule has 0 fully saturated rings. The van der Waals surface area contributed by atoms with E-state index in [9.17, 15) is 14.4 Å². The van der Waals surface area contributed by atoms with Gasteiger partial charge in [0.2, 0.25) is 0 Å². The average Bonchev–Trinajstić information content (AvgIpc) is 2.88. The molecule has 12 nitrogen and oxygen atoms in total. The van der Waals surface area contributed by atoms with Crippen molar-refractivity contribution in [2.24, 2.45) is 10.8 Å². The summed E-state index contributed by atoms with van der Waals surface area (Å²) in [4.78, 5) is 34.7. The van der Waals surface area contributed by atoms with Gasteiger partial charge in [-0.1, -0.05) is 60.8 Å². The van der Waals surface area contributed by atoms with Crippen molar-refractivity contribution in [3.8, 4) is 0 Å². The van der Waals surface area contributed by atoms with Gasteiger partial charge in [0.1, 0.15) is 19.3 Å². The first kappa shape index (κ1) is 39.8. The van der Waals surface area contributed by atoms with Crippen LogP contribution in [0.25, 0.3) is 0 Å². The molecule has 42 heavy (non-hydrogen) atoms. The molecule has 0 radical (unpaired) electrons. The Labute approximate surface area is 253 Å². The molecule has 0 aromatic carbocycles. The third-order valence-electron chi connectivity index (χ3n) is 5.85. The Morgan fingerprint density at radius 2 is 1.07 bits per heavy atom. The van der Waals surface area contributed by atoms with Gasteiger partial charge in [-0.15, -0.1) is 0 Å². The summed E-state index contributed by atoms with van der Waals surface area (Å²) in [5, 5.41) is 5.20. The van der Waals surface area contributed by atoms with E-state index in [4.69, 9.17) is 33.2 Å². The molecule has 2 amide bonds. The van der Waals surface area contributed by atoms with Crippen LogP contribution in [0.5, 0.6) is 0 Å². The fraction of sp³-hybridized carbons (Fsp3) is 0.900. The fourth-order valence-corrected chi connectivity index (χ4v) is 3.47. The molecule has 0 spiro atoms. The van der Waals surface area contributed by atoms with E-state index in [1.165, 1.54) is 32.6 Å². The molecule has 0 bridgehead atoms. The molecular weight excluding hydrogens is 548 g/mol. The zero-order valence-electron chi connectivity index (χ0n) is 27.2. The van der Waals surface area contributed by atoms with Crippen LogP contribution in [0.3, 0.4) is 0 Å². The molecule has 0 heterocycles. The summed E-state index contributed by atoms with van der Waals surface area (Å²) < 4.78 is 37.0. The van der Waals surface area contributed by atoms with Gasteiger partial charge in [0.15, 0.2) is 0 Å². The predicted molar refractivity (Wildman–Crippen MR) is 160 cm³/mol. The Morgan fingerprint density at radius 3 is 1.60 bits per heavy atom. The molecule has 0 aliphatic carbocycles. The van der Waals surface area contributed by atoms with E-state index < -0.39 is 24.3 Å². The first-order valence-electron chi connectivity index (χ1n) is 15.1. The highest BCUT2D eigenvalue weighted by Gasteiger charge is 2.28. The summed E-state index contributed by atoms with van der Waals surface area (Å²) in [7, 11) is 0. The minimum Gasteiger partial charge on any atom is -0.460 e. The lowest BCUT2D eigenvalue weighted by Gasteiger charge is -2.29. The molecule has 0 aliphatic heterocycles. The molecular formula is C30H58N2O10. The van der Waals surface area contributed by atoms with Gasteiger partial charge in [-0.25, -0.2) is 9.59 Å². The molecule has 0 aromatic rings. The van der Waals surface area contributed by atoms with Crippen LogP contribution in [0.4, 0.5) is 9.59 Å². The number of unbranched alkanes of at least 4 members (excludes halogenated alkanes) is 3. The Balaban J connectivity index is 3.45. The number of ether oxygens (including phenoxy) is 7. The smallest absolute Gasteiger partial charge is 0.407 e. The number of carbonyl (C=O) groups excluding carboxylic acids is 3. The lowest BCUT2D eigenvalue weighted by molar-refractivity contribution is -0.151. The number of hydrogen-bond acceptors (Lipinski definition) is 10. The number of esters is 1. The summed E-state index contributed by atoms with van der Waals surface area (Å²) in [5.74, 6) is -0.406. The maximum Gasteiger partial charge on any atom is 0.407 e. The normalized spacial score (nSPS) is 12.5. The van der Waals surface area contributed by atoms with Crippen LogP contribution in [0.1, 0.15) is 80.6 Å². The van der Waals surface area contributed by atoms with Crippen molar-refractivity contribution < 1.29 is 47.5 Å². The third-order valence-corrected chi connectivity index (χ3v) is 5.85. The predicted octanol–water partition coefficient (Wildman–Crippen LogP) is 4.48. The molecule has 0 aliphatic rings. The second-order valence-corrected chi connectivity index (χ2v) is 12.2. The van der Waals surface area contributed by atoms with E-state index in [2.05, 4.69) is 31.4 Å². The van der Waals surface area contributed by atoms with Crippen LogP contribution < -0.4 is 10.6 Å². The monoisotopic (exact) mass is 606 g/mol. The second-order valence-electron chi connectivity index (χ2n) is 12.2.